The highest BCUT2D eigenvalue weighted by Gasteiger charge is 2.36. The lowest BCUT2D eigenvalue weighted by molar-refractivity contribution is -0.114. The van der Waals surface area contributed by atoms with Crippen molar-refractivity contribution in [2.75, 3.05) is 11.4 Å². The summed E-state index contributed by atoms with van der Waals surface area (Å²) in [6.45, 7) is 2.59. The Bertz CT molecular complexity index is 456. The molecule has 0 saturated carbocycles. The van der Waals surface area contributed by atoms with Gasteiger partial charge in [-0.05, 0) is 18.6 Å². The number of hydrogen-bond donors (Lipinski definition) is 0. The van der Waals surface area contributed by atoms with Gasteiger partial charge in [0.25, 0.3) is 11.7 Å². The predicted octanol–water partition coefficient (Wildman–Crippen LogP) is 2.67. The third-order valence-corrected chi connectivity index (χ3v) is 2.98. The highest BCUT2D eigenvalue weighted by Crippen LogP contribution is 2.35. The number of unbranched alkanes of at least 4 members (excludes halogenated alkanes) is 1. The molecule has 4 heteroatoms. The van der Waals surface area contributed by atoms with Crippen LogP contribution in [-0.4, -0.2) is 18.2 Å². The minimum Gasteiger partial charge on any atom is -0.303 e. The van der Waals surface area contributed by atoms with Crippen molar-refractivity contribution in [3.05, 3.63) is 28.8 Å². The van der Waals surface area contributed by atoms with Crippen LogP contribution in [0.2, 0.25) is 5.02 Å². The number of halogens is 1. The SMILES string of the molecule is CCCCN1C(=O)C(=O)c2cccc(Cl)c21. The summed E-state index contributed by atoms with van der Waals surface area (Å²) in [5.74, 6) is -0.912. The van der Waals surface area contributed by atoms with Crippen molar-refractivity contribution in [2.45, 2.75) is 19.8 Å². The van der Waals surface area contributed by atoms with E-state index >= 15 is 0 Å². The molecular formula is C12H12ClNO2. The van der Waals surface area contributed by atoms with Crippen LogP contribution in [0.25, 0.3) is 0 Å². The zero-order valence-electron chi connectivity index (χ0n) is 9.00. The molecule has 2 rings (SSSR count). The number of benzene rings is 1. The van der Waals surface area contributed by atoms with Gasteiger partial charge in [-0.3, -0.25) is 9.59 Å². The van der Waals surface area contributed by atoms with Gasteiger partial charge in [0.05, 0.1) is 16.3 Å². The third-order valence-electron chi connectivity index (χ3n) is 2.68. The molecule has 1 amide bonds. The number of para-hydroxylation sites is 1. The average molecular weight is 238 g/mol. The van der Waals surface area contributed by atoms with Crippen molar-refractivity contribution in [2.24, 2.45) is 0 Å². The van der Waals surface area contributed by atoms with Crippen LogP contribution in [0.5, 0.6) is 0 Å². The van der Waals surface area contributed by atoms with E-state index in [1.807, 2.05) is 6.92 Å². The molecule has 1 aromatic rings. The maximum atomic E-state index is 11.7. The normalized spacial score (nSPS) is 14.5. The van der Waals surface area contributed by atoms with E-state index < -0.39 is 11.7 Å². The lowest BCUT2D eigenvalue weighted by atomic mass is 10.1. The zero-order chi connectivity index (χ0) is 11.7. The van der Waals surface area contributed by atoms with Crippen molar-refractivity contribution in [1.29, 1.82) is 0 Å². The second-order valence-corrected chi connectivity index (χ2v) is 4.18. The fraction of sp³-hybridized carbons (Fsp3) is 0.333. The van der Waals surface area contributed by atoms with Gasteiger partial charge in [-0.1, -0.05) is 31.0 Å². The van der Waals surface area contributed by atoms with Crippen LogP contribution < -0.4 is 4.90 Å². The molecule has 1 aliphatic rings. The second-order valence-electron chi connectivity index (χ2n) is 3.78. The van der Waals surface area contributed by atoms with E-state index in [1.54, 1.807) is 18.2 Å². The fourth-order valence-corrected chi connectivity index (χ4v) is 2.12. The first kappa shape index (κ1) is 11.1. The van der Waals surface area contributed by atoms with Gasteiger partial charge in [0.2, 0.25) is 0 Å². The molecule has 0 atom stereocenters. The molecule has 84 valence electrons. The standard InChI is InChI=1S/C12H12ClNO2/c1-2-3-7-14-10-8(11(15)12(14)16)5-4-6-9(10)13/h4-6H,2-3,7H2,1H3. The molecule has 0 aromatic heterocycles. The summed E-state index contributed by atoms with van der Waals surface area (Å²) in [7, 11) is 0. The molecule has 0 N–H and O–H groups in total. The third kappa shape index (κ3) is 1.61. The van der Waals surface area contributed by atoms with Crippen molar-refractivity contribution in [3.63, 3.8) is 0 Å². The number of amides is 1. The summed E-state index contributed by atoms with van der Waals surface area (Å²) in [6.07, 6.45) is 1.83. The Balaban J connectivity index is 2.43. The number of Topliss-reactive ketones (excluding diaryl/α,β-unsaturated/α-hetero) is 1. The Kier molecular flexibility index (Phi) is 2.97. The molecule has 1 aromatic carbocycles. The summed E-state index contributed by atoms with van der Waals surface area (Å²) in [6, 6.07) is 5.04. The minimum atomic E-state index is -0.462. The van der Waals surface area contributed by atoms with Crippen LogP contribution in [0, 0.1) is 0 Å². The van der Waals surface area contributed by atoms with Gasteiger partial charge in [0.15, 0.2) is 0 Å². The Labute approximate surface area is 99.0 Å². The average Bonchev–Trinajstić information content (AvgIpc) is 2.52. The molecule has 0 fully saturated rings. The maximum Gasteiger partial charge on any atom is 0.299 e. The summed E-state index contributed by atoms with van der Waals surface area (Å²) in [4.78, 5) is 24.9. The van der Waals surface area contributed by atoms with Crippen LogP contribution in [-0.2, 0) is 4.79 Å². The maximum absolute atomic E-state index is 11.7. The zero-order valence-corrected chi connectivity index (χ0v) is 9.75. The molecule has 1 aliphatic heterocycles. The number of ketones is 1. The second kappa shape index (κ2) is 4.26. The molecule has 0 spiro atoms. The number of carbonyl (C=O) groups excluding carboxylic acids is 2. The highest BCUT2D eigenvalue weighted by molar-refractivity contribution is 6.54. The minimum absolute atomic E-state index is 0.425. The topological polar surface area (TPSA) is 37.4 Å². The number of hydrogen-bond acceptors (Lipinski definition) is 2. The number of fused-ring (bicyclic) bond motifs is 1. The summed E-state index contributed by atoms with van der Waals surface area (Å²) < 4.78 is 0. The molecule has 3 nitrogen and oxygen atoms in total. The molecule has 1 heterocycles. The van der Waals surface area contributed by atoms with E-state index in [9.17, 15) is 9.59 Å². The molecule has 0 bridgehead atoms. The Morgan fingerprint density at radius 1 is 1.31 bits per heavy atom. The number of rotatable bonds is 3. The van der Waals surface area contributed by atoms with Crippen molar-refractivity contribution < 1.29 is 9.59 Å². The van der Waals surface area contributed by atoms with Crippen LogP contribution >= 0.6 is 11.6 Å². The molecule has 0 saturated heterocycles. The predicted molar refractivity (Wildman–Crippen MR) is 63.0 cm³/mol. The van der Waals surface area contributed by atoms with Crippen LogP contribution in [0.3, 0.4) is 0 Å². The van der Waals surface area contributed by atoms with Gasteiger partial charge in [-0.25, -0.2) is 0 Å². The van der Waals surface area contributed by atoms with Crippen LogP contribution in [0.1, 0.15) is 30.1 Å². The summed E-state index contributed by atoms with van der Waals surface area (Å²) >= 11 is 6.03. The first-order chi connectivity index (χ1) is 7.66. The van der Waals surface area contributed by atoms with E-state index in [2.05, 4.69) is 0 Å². The fourth-order valence-electron chi connectivity index (χ4n) is 1.84. The molecule has 16 heavy (non-hydrogen) atoms. The van der Waals surface area contributed by atoms with Gasteiger partial charge >= 0.3 is 0 Å². The highest BCUT2D eigenvalue weighted by atomic mass is 35.5. The molecule has 0 radical (unpaired) electrons. The van der Waals surface area contributed by atoms with E-state index in [0.717, 1.165) is 12.8 Å². The largest absolute Gasteiger partial charge is 0.303 e. The number of carbonyl (C=O) groups is 2. The quantitative estimate of drug-likeness (QED) is 0.758. The Morgan fingerprint density at radius 3 is 2.75 bits per heavy atom. The Morgan fingerprint density at radius 2 is 2.06 bits per heavy atom. The summed E-state index contributed by atoms with van der Waals surface area (Å²) in [5, 5.41) is 0.466. The smallest absolute Gasteiger partial charge is 0.299 e. The lowest BCUT2D eigenvalue weighted by Crippen LogP contribution is -2.30. The van der Waals surface area contributed by atoms with E-state index in [4.69, 9.17) is 11.6 Å². The van der Waals surface area contributed by atoms with Gasteiger partial charge in [-0.2, -0.15) is 0 Å². The van der Waals surface area contributed by atoms with E-state index in [-0.39, 0.29) is 0 Å². The Hall–Kier alpha value is -1.35. The van der Waals surface area contributed by atoms with E-state index in [0.29, 0.717) is 22.8 Å². The summed E-state index contributed by atoms with van der Waals surface area (Å²) in [5.41, 5.74) is 1.00. The van der Waals surface area contributed by atoms with Gasteiger partial charge in [0, 0.05) is 6.54 Å². The molecule has 0 aliphatic carbocycles. The monoisotopic (exact) mass is 237 g/mol. The first-order valence-corrected chi connectivity index (χ1v) is 5.69. The van der Waals surface area contributed by atoms with Gasteiger partial charge < -0.3 is 4.90 Å². The molecule has 0 unspecified atom stereocenters. The molecular weight excluding hydrogens is 226 g/mol. The number of nitrogens with zero attached hydrogens (tertiary/aromatic N) is 1. The van der Waals surface area contributed by atoms with Crippen molar-refractivity contribution >= 4 is 29.0 Å². The van der Waals surface area contributed by atoms with Crippen molar-refractivity contribution in [1.82, 2.24) is 0 Å². The van der Waals surface area contributed by atoms with Gasteiger partial charge in [0.1, 0.15) is 0 Å². The van der Waals surface area contributed by atoms with Crippen molar-refractivity contribution in [3.8, 4) is 0 Å². The van der Waals surface area contributed by atoms with Crippen LogP contribution in [0.4, 0.5) is 5.69 Å². The van der Waals surface area contributed by atoms with E-state index in [1.165, 1.54) is 4.90 Å². The first-order valence-electron chi connectivity index (χ1n) is 5.31. The lowest BCUT2D eigenvalue weighted by Gasteiger charge is -2.16. The van der Waals surface area contributed by atoms with Gasteiger partial charge in [-0.15, -0.1) is 0 Å². The van der Waals surface area contributed by atoms with Crippen LogP contribution in [0.15, 0.2) is 18.2 Å². The number of anilines is 1.